The van der Waals surface area contributed by atoms with Crippen LogP contribution >= 0.6 is 0 Å². The van der Waals surface area contributed by atoms with Gasteiger partial charge in [0.05, 0.1) is 5.56 Å². The molecule has 1 N–H and O–H groups in total. The largest absolute Gasteiger partial charge is 0.416 e. The van der Waals surface area contributed by atoms with Crippen molar-refractivity contribution in [1.82, 2.24) is 4.98 Å². The highest BCUT2D eigenvalue weighted by Gasteiger charge is 2.30. The Morgan fingerprint density at radius 3 is 2.39 bits per heavy atom. The van der Waals surface area contributed by atoms with Gasteiger partial charge >= 0.3 is 6.18 Å². The predicted octanol–water partition coefficient (Wildman–Crippen LogP) is 6.54. The molecule has 3 aromatic carbocycles. The summed E-state index contributed by atoms with van der Waals surface area (Å²) in [5.74, 6) is -0.389. The minimum absolute atomic E-state index is 0.00877. The van der Waals surface area contributed by atoms with Gasteiger partial charge in [0.15, 0.2) is 0 Å². The van der Waals surface area contributed by atoms with E-state index in [2.05, 4.69) is 10.3 Å². The summed E-state index contributed by atoms with van der Waals surface area (Å²) in [4.78, 5) is 32.3. The van der Waals surface area contributed by atoms with Crippen molar-refractivity contribution in [2.45, 2.75) is 25.4 Å². The maximum absolute atomic E-state index is 13.3. The maximum atomic E-state index is 13.3. The van der Waals surface area contributed by atoms with Gasteiger partial charge in [-0.15, -0.1) is 0 Å². The molecule has 1 aliphatic heterocycles. The van der Waals surface area contributed by atoms with Crippen LogP contribution in [0.3, 0.4) is 0 Å². The SMILES string of the molecule is O=C(Nc1cccc2c1CCN2C(=O)CCc1ccccn1)c1ccccc1-c1ccc(C(F)(F)F)cc1. The third kappa shape index (κ3) is 5.29. The number of nitrogens with one attached hydrogen (secondary N) is 1. The average molecular weight is 516 g/mol. The topological polar surface area (TPSA) is 62.3 Å². The number of carbonyl (C=O) groups excluding carboxylic acids is 2. The zero-order valence-electron chi connectivity index (χ0n) is 20.3. The number of aromatic nitrogens is 1. The Bertz CT molecular complexity index is 1470. The summed E-state index contributed by atoms with van der Waals surface area (Å²) < 4.78 is 39.0. The van der Waals surface area contributed by atoms with Crippen LogP contribution in [0.5, 0.6) is 0 Å². The number of aryl methyl sites for hydroxylation is 1. The van der Waals surface area contributed by atoms with Crippen molar-refractivity contribution >= 4 is 23.2 Å². The third-order valence-electron chi connectivity index (χ3n) is 6.59. The van der Waals surface area contributed by atoms with Crippen LogP contribution in [0.4, 0.5) is 24.5 Å². The molecule has 8 heteroatoms. The van der Waals surface area contributed by atoms with E-state index in [0.29, 0.717) is 48.2 Å². The molecule has 0 radical (unpaired) electrons. The van der Waals surface area contributed by atoms with Crippen molar-refractivity contribution in [3.8, 4) is 11.1 Å². The number of hydrogen-bond donors (Lipinski definition) is 1. The molecule has 1 aliphatic rings. The fourth-order valence-corrected chi connectivity index (χ4v) is 4.69. The lowest BCUT2D eigenvalue weighted by Gasteiger charge is -2.18. The molecule has 0 saturated heterocycles. The Hall–Kier alpha value is -4.46. The number of carbonyl (C=O) groups is 2. The Morgan fingerprint density at radius 2 is 1.66 bits per heavy atom. The average Bonchev–Trinajstić information content (AvgIpc) is 3.37. The summed E-state index contributed by atoms with van der Waals surface area (Å²) >= 11 is 0. The Labute approximate surface area is 218 Å². The van der Waals surface area contributed by atoms with E-state index in [9.17, 15) is 22.8 Å². The van der Waals surface area contributed by atoms with Crippen LogP contribution in [0.25, 0.3) is 11.1 Å². The van der Waals surface area contributed by atoms with Gasteiger partial charge in [-0.3, -0.25) is 14.6 Å². The number of amides is 2. The fraction of sp³-hybridized carbons (Fsp3) is 0.167. The first-order valence-electron chi connectivity index (χ1n) is 12.2. The van der Waals surface area contributed by atoms with E-state index in [1.165, 1.54) is 12.1 Å². The van der Waals surface area contributed by atoms with Gasteiger partial charge in [0.2, 0.25) is 5.91 Å². The molecule has 2 amide bonds. The van der Waals surface area contributed by atoms with E-state index < -0.39 is 11.7 Å². The maximum Gasteiger partial charge on any atom is 0.416 e. The normalized spacial score (nSPS) is 12.8. The van der Waals surface area contributed by atoms with Gasteiger partial charge in [0, 0.05) is 47.4 Å². The number of rotatable bonds is 6. The Morgan fingerprint density at radius 1 is 0.895 bits per heavy atom. The minimum atomic E-state index is -4.43. The van der Waals surface area contributed by atoms with Gasteiger partial charge in [-0.25, -0.2) is 0 Å². The molecule has 0 atom stereocenters. The molecule has 0 bridgehead atoms. The van der Waals surface area contributed by atoms with Crippen LogP contribution < -0.4 is 10.2 Å². The highest BCUT2D eigenvalue weighted by molar-refractivity contribution is 6.09. The first kappa shape index (κ1) is 25.2. The second-order valence-corrected chi connectivity index (χ2v) is 8.99. The number of nitrogens with zero attached hydrogens (tertiary/aromatic N) is 2. The monoisotopic (exact) mass is 515 g/mol. The van der Waals surface area contributed by atoms with Gasteiger partial charge in [-0.2, -0.15) is 13.2 Å². The van der Waals surface area contributed by atoms with Gasteiger partial charge < -0.3 is 10.2 Å². The molecule has 0 spiro atoms. The number of hydrogen-bond acceptors (Lipinski definition) is 3. The van der Waals surface area contributed by atoms with Crippen LogP contribution in [0.1, 0.15) is 33.6 Å². The summed E-state index contributed by atoms with van der Waals surface area (Å²) in [7, 11) is 0. The molecule has 1 aromatic heterocycles. The highest BCUT2D eigenvalue weighted by Crippen LogP contribution is 2.35. The molecular weight excluding hydrogens is 491 g/mol. The highest BCUT2D eigenvalue weighted by atomic mass is 19.4. The molecular formula is C30H24F3N3O2. The summed E-state index contributed by atoms with van der Waals surface area (Å²) in [6, 6.07) is 22.6. The van der Waals surface area contributed by atoms with Gasteiger partial charge in [-0.1, -0.05) is 42.5 Å². The minimum Gasteiger partial charge on any atom is -0.322 e. The van der Waals surface area contributed by atoms with Crippen LogP contribution in [0.2, 0.25) is 0 Å². The van der Waals surface area contributed by atoms with Crippen molar-refractivity contribution in [2.24, 2.45) is 0 Å². The summed E-state index contributed by atoms with van der Waals surface area (Å²) in [6.45, 7) is 0.519. The number of pyridine rings is 1. The van der Waals surface area contributed by atoms with E-state index in [-0.39, 0.29) is 11.8 Å². The first-order valence-corrected chi connectivity index (χ1v) is 12.2. The summed E-state index contributed by atoms with van der Waals surface area (Å²) in [5.41, 5.74) is 3.73. The lowest BCUT2D eigenvalue weighted by atomic mass is 9.98. The molecule has 0 fully saturated rings. The lowest BCUT2D eigenvalue weighted by molar-refractivity contribution is -0.137. The van der Waals surface area contributed by atoms with Crippen molar-refractivity contribution in [3.63, 3.8) is 0 Å². The zero-order chi connectivity index (χ0) is 26.7. The van der Waals surface area contributed by atoms with Crippen LogP contribution in [0, 0.1) is 0 Å². The van der Waals surface area contributed by atoms with Crippen molar-refractivity contribution in [3.05, 3.63) is 114 Å². The second kappa shape index (κ2) is 10.5. The number of alkyl halides is 3. The smallest absolute Gasteiger partial charge is 0.322 e. The van der Waals surface area contributed by atoms with Crippen LogP contribution in [-0.4, -0.2) is 23.3 Å². The molecule has 192 valence electrons. The van der Waals surface area contributed by atoms with Crippen LogP contribution in [-0.2, 0) is 23.8 Å². The van der Waals surface area contributed by atoms with E-state index in [0.717, 1.165) is 29.1 Å². The Kier molecular flexibility index (Phi) is 6.96. The van der Waals surface area contributed by atoms with E-state index in [4.69, 9.17) is 0 Å². The van der Waals surface area contributed by atoms with Gasteiger partial charge in [0.25, 0.3) is 5.91 Å². The fourth-order valence-electron chi connectivity index (χ4n) is 4.69. The lowest BCUT2D eigenvalue weighted by Crippen LogP contribution is -2.29. The molecule has 5 rings (SSSR count). The first-order chi connectivity index (χ1) is 18.3. The summed E-state index contributed by atoms with van der Waals surface area (Å²) in [6.07, 6.45) is -1.26. The zero-order valence-corrected chi connectivity index (χ0v) is 20.3. The van der Waals surface area contributed by atoms with Crippen molar-refractivity contribution in [1.29, 1.82) is 0 Å². The van der Waals surface area contributed by atoms with Crippen LogP contribution in [0.15, 0.2) is 91.1 Å². The van der Waals surface area contributed by atoms with E-state index in [1.807, 2.05) is 24.3 Å². The standard InChI is InChI=1S/C30H24F3N3O2/c31-30(32,33)21-13-11-20(12-14-21)23-7-1-2-8-24(23)29(38)35-26-9-5-10-27-25(26)17-19-36(27)28(37)16-15-22-6-3-4-18-34-22/h1-14,18H,15-17,19H2,(H,35,38). The molecule has 0 aliphatic carbocycles. The number of halogens is 3. The predicted molar refractivity (Wildman–Crippen MR) is 140 cm³/mol. The van der Waals surface area contributed by atoms with Gasteiger partial charge in [0.1, 0.15) is 0 Å². The molecule has 0 unspecified atom stereocenters. The van der Waals surface area contributed by atoms with Crippen molar-refractivity contribution in [2.75, 3.05) is 16.8 Å². The molecule has 2 heterocycles. The number of fused-ring (bicyclic) bond motifs is 1. The van der Waals surface area contributed by atoms with E-state index >= 15 is 0 Å². The van der Waals surface area contributed by atoms with Crippen molar-refractivity contribution < 1.29 is 22.8 Å². The van der Waals surface area contributed by atoms with Gasteiger partial charge in [-0.05, 0) is 66.4 Å². The molecule has 5 nitrogen and oxygen atoms in total. The number of benzene rings is 3. The number of anilines is 2. The quantitative estimate of drug-likeness (QED) is 0.317. The summed E-state index contributed by atoms with van der Waals surface area (Å²) in [5, 5.41) is 2.95. The second-order valence-electron chi connectivity index (χ2n) is 8.99. The van der Waals surface area contributed by atoms with E-state index in [1.54, 1.807) is 47.5 Å². The molecule has 0 saturated carbocycles. The molecule has 4 aromatic rings. The third-order valence-corrected chi connectivity index (χ3v) is 6.59. The molecule has 38 heavy (non-hydrogen) atoms. The Balaban J connectivity index is 1.34.